The summed E-state index contributed by atoms with van der Waals surface area (Å²) in [6.45, 7) is 0. The van der Waals surface area contributed by atoms with Crippen molar-refractivity contribution in [3.8, 4) is 50.2 Å². The Labute approximate surface area is 350 Å². The number of para-hydroxylation sites is 3. The molecular formula is C58H40N2. The van der Waals surface area contributed by atoms with E-state index in [0.717, 1.165) is 28.3 Å². The lowest BCUT2D eigenvalue weighted by Gasteiger charge is -2.29. The van der Waals surface area contributed by atoms with Gasteiger partial charge in [-0.3, -0.25) is 0 Å². The molecule has 0 fully saturated rings. The van der Waals surface area contributed by atoms with E-state index in [-0.39, 0.29) is 0 Å². The fourth-order valence-electron chi connectivity index (χ4n) is 8.99. The minimum absolute atomic E-state index is 1.09. The molecule has 2 nitrogen and oxygen atoms in total. The molecule has 10 aromatic carbocycles. The third kappa shape index (κ3) is 6.23. The van der Waals surface area contributed by atoms with Crippen LogP contribution in [0, 0.1) is 0 Å². The molecule has 0 saturated heterocycles. The van der Waals surface area contributed by atoms with Crippen molar-refractivity contribution in [2.75, 3.05) is 4.90 Å². The lowest BCUT2D eigenvalue weighted by Crippen LogP contribution is -2.11. The molecule has 11 rings (SSSR count). The largest absolute Gasteiger partial charge is 0.310 e. The van der Waals surface area contributed by atoms with Gasteiger partial charge >= 0.3 is 0 Å². The maximum Gasteiger partial charge on any atom is 0.0541 e. The smallest absolute Gasteiger partial charge is 0.0541 e. The lowest BCUT2D eigenvalue weighted by atomic mass is 9.88. The number of fused-ring (bicyclic) bond motifs is 4. The Morgan fingerprint density at radius 3 is 1.42 bits per heavy atom. The van der Waals surface area contributed by atoms with Gasteiger partial charge in [0.15, 0.2) is 0 Å². The van der Waals surface area contributed by atoms with Crippen molar-refractivity contribution >= 4 is 49.6 Å². The molecule has 0 N–H and O–H groups in total. The van der Waals surface area contributed by atoms with Gasteiger partial charge in [-0.15, -0.1) is 0 Å². The molecule has 1 heterocycles. The Balaban J connectivity index is 1.01. The second kappa shape index (κ2) is 15.1. The van der Waals surface area contributed by atoms with E-state index in [1.807, 2.05) is 0 Å². The molecule has 0 aliphatic carbocycles. The molecule has 0 amide bonds. The molecule has 0 saturated carbocycles. The Bertz CT molecular complexity index is 3250. The molecule has 60 heavy (non-hydrogen) atoms. The van der Waals surface area contributed by atoms with Crippen LogP contribution in [0.15, 0.2) is 243 Å². The molecule has 0 unspecified atom stereocenters. The molecule has 0 bridgehead atoms. The van der Waals surface area contributed by atoms with Crippen LogP contribution in [0.3, 0.4) is 0 Å². The number of nitrogens with zero attached hydrogens (tertiary/aromatic N) is 2. The molecule has 0 atom stereocenters. The SMILES string of the molecule is c1ccc(-c2ccccc2-c2ccccc2-c2ccccc2N(c2ccc(-c3ccc(-n4c5ccccc5c5ccccc54)cc3)cc2)c2ccc3ccccc3c2)cc1. The minimum atomic E-state index is 1.09. The van der Waals surface area contributed by atoms with E-state index in [1.165, 1.54) is 71.5 Å². The van der Waals surface area contributed by atoms with Crippen LogP contribution >= 0.6 is 0 Å². The van der Waals surface area contributed by atoms with Crippen LogP contribution in [0.4, 0.5) is 17.1 Å². The monoisotopic (exact) mass is 764 g/mol. The zero-order valence-corrected chi connectivity index (χ0v) is 33.0. The quantitative estimate of drug-likeness (QED) is 0.150. The summed E-state index contributed by atoms with van der Waals surface area (Å²) in [5, 5.41) is 4.96. The summed E-state index contributed by atoms with van der Waals surface area (Å²) in [4.78, 5) is 2.41. The van der Waals surface area contributed by atoms with Crippen LogP contribution in [0.5, 0.6) is 0 Å². The molecule has 2 heteroatoms. The topological polar surface area (TPSA) is 8.17 Å². The first-order valence-electron chi connectivity index (χ1n) is 20.6. The molecule has 0 aliphatic heterocycles. The fraction of sp³-hybridized carbons (Fsp3) is 0. The third-order valence-electron chi connectivity index (χ3n) is 11.8. The number of rotatable bonds is 8. The highest BCUT2D eigenvalue weighted by molar-refractivity contribution is 6.09. The molecule has 0 aliphatic rings. The molecule has 0 spiro atoms. The van der Waals surface area contributed by atoms with Crippen LogP contribution in [0.1, 0.15) is 0 Å². The Hall–Kier alpha value is -7.94. The van der Waals surface area contributed by atoms with E-state index in [2.05, 4.69) is 252 Å². The van der Waals surface area contributed by atoms with Crippen molar-refractivity contribution < 1.29 is 0 Å². The van der Waals surface area contributed by atoms with Gasteiger partial charge in [0.25, 0.3) is 0 Å². The van der Waals surface area contributed by atoms with Gasteiger partial charge < -0.3 is 9.47 Å². The molecule has 282 valence electrons. The predicted molar refractivity (Wildman–Crippen MR) is 255 cm³/mol. The first-order chi connectivity index (χ1) is 29.8. The van der Waals surface area contributed by atoms with Crippen molar-refractivity contribution in [1.82, 2.24) is 4.57 Å². The fourth-order valence-corrected chi connectivity index (χ4v) is 8.99. The lowest BCUT2D eigenvalue weighted by molar-refractivity contribution is 1.18. The molecule has 11 aromatic rings. The summed E-state index contributed by atoms with van der Waals surface area (Å²) >= 11 is 0. The standard InChI is InChI=1S/C58H40N2/c1-2-17-44(18-3-1)49-20-6-7-21-50(49)51-22-8-9-23-52(51)53-24-10-13-27-56(53)59(48-39-34-41-16-4-5-19-45(41)40-48)46-35-30-42(31-36-46)43-32-37-47(38-33-43)60-57-28-14-11-25-54(57)55-26-12-15-29-58(55)60/h1-40H. The summed E-state index contributed by atoms with van der Waals surface area (Å²) in [6.07, 6.45) is 0. The summed E-state index contributed by atoms with van der Waals surface area (Å²) in [6, 6.07) is 87.9. The molecule has 0 radical (unpaired) electrons. The second-order valence-corrected chi connectivity index (χ2v) is 15.3. The third-order valence-corrected chi connectivity index (χ3v) is 11.8. The maximum absolute atomic E-state index is 2.41. The van der Waals surface area contributed by atoms with E-state index in [0.29, 0.717) is 0 Å². The predicted octanol–water partition coefficient (Wildman–Crippen LogP) is 16.1. The van der Waals surface area contributed by atoms with E-state index in [4.69, 9.17) is 0 Å². The van der Waals surface area contributed by atoms with Crippen LogP contribution < -0.4 is 4.90 Å². The average molecular weight is 765 g/mol. The first kappa shape index (κ1) is 35.2. The number of benzene rings is 10. The Morgan fingerprint density at radius 2 is 0.750 bits per heavy atom. The minimum Gasteiger partial charge on any atom is -0.310 e. The number of anilines is 3. The summed E-state index contributed by atoms with van der Waals surface area (Å²) in [5.41, 5.74) is 16.4. The van der Waals surface area contributed by atoms with E-state index in [9.17, 15) is 0 Å². The molecule has 1 aromatic heterocycles. The van der Waals surface area contributed by atoms with Gasteiger partial charge in [-0.05, 0) is 104 Å². The van der Waals surface area contributed by atoms with Gasteiger partial charge in [-0.2, -0.15) is 0 Å². The number of hydrogen-bond acceptors (Lipinski definition) is 1. The zero-order chi connectivity index (χ0) is 39.8. The second-order valence-electron chi connectivity index (χ2n) is 15.3. The summed E-state index contributed by atoms with van der Waals surface area (Å²) in [7, 11) is 0. The Morgan fingerprint density at radius 1 is 0.283 bits per heavy atom. The average Bonchev–Trinajstić information content (AvgIpc) is 3.67. The van der Waals surface area contributed by atoms with Crippen LogP contribution in [-0.2, 0) is 0 Å². The van der Waals surface area contributed by atoms with Crippen molar-refractivity contribution in [2.45, 2.75) is 0 Å². The van der Waals surface area contributed by atoms with Crippen molar-refractivity contribution in [2.24, 2.45) is 0 Å². The van der Waals surface area contributed by atoms with Gasteiger partial charge in [0, 0.05) is 33.4 Å². The van der Waals surface area contributed by atoms with Gasteiger partial charge in [0.1, 0.15) is 0 Å². The normalized spacial score (nSPS) is 11.3. The van der Waals surface area contributed by atoms with Crippen LogP contribution in [-0.4, -0.2) is 4.57 Å². The van der Waals surface area contributed by atoms with Crippen LogP contribution in [0.25, 0.3) is 82.8 Å². The van der Waals surface area contributed by atoms with E-state index in [1.54, 1.807) is 0 Å². The summed E-state index contributed by atoms with van der Waals surface area (Å²) in [5.74, 6) is 0. The van der Waals surface area contributed by atoms with E-state index >= 15 is 0 Å². The van der Waals surface area contributed by atoms with Crippen LogP contribution in [0.2, 0.25) is 0 Å². The summed E-state index contributed by atoms with van der Waals surface area (Å²) < 4.78 is 2.37. The van der Waals surface area contributed by atoms with E-state index < -0.39 is 0 Å². The highest BCUT2D eigenvalue weighted by Gasteiger charge is 2.21. The maximum atomic E-state index is 2.41. The zero-order valence-electron chi connectivity index (χ0n) is 33.0. The highest BCUT2D eigenvalue weighted by atomic mass is 15.1. The number of hydrogen-bond donors (Lipinski definition) is 0. The van der Waals surface area contributed by atoms with Gasteiger partial charge in [-0.1, -0.05) is 188 Å². The van der Waals surface area contributed by atoms with Gasteiger partial charge in [0.2, 0.25) is 0 Å². The Kier molecular flexibility index (Phi) is 8.87. The first-order valence-corrected chi connectivity index (χ1v) is 20.6. The van der Waals surface area contributed by atoms with Gasteiger partial charge in [-0.25, -0.2) is 0 Å². The highest BCUT2D eigenvalue weighted by Crippen LogP contribution is 2.46. The van der Waals surface area contributed by atoms with Crippen molar-refractivity contribution in [3.05, 3.63) is 243 Å². The number of aromatic nitrogens is 1. The molecular weight excluding hydrogens is 725 g/mol. The van der Waals surface area contributed by atoms with Crippen molar-refractivity contribution in [1.29, 1.82) is 0 Å². The van der Waals surface area contributed by atoms with Crippen molar-refractivity contribution in [3.63, 3.8) is 0 Å². The van der Waals surface area contributed by atoms with Gasteiger partial charge in [0.05, 0.1) is 16.7 Å².